The fraction of sp³-hybridized carbons (Fsp3) is 0.600. The number of aromatic nitrogens is 2. The summed E-state index contributed by atoms with van der Waals surface area (Å²) in [6.45, 7) is 5.25. The Balaban J connectivity index is 2.07. The number of carbonyl (C=O) groups is 1. The van der Waals surface area contributed by atoms with E-state index in [4.69, 9.17) is 4.74 Å². The van der Waals surface area contributed by atoms with Crippen LogP contribution in [0.5, 0.6) is 0 Å². The second-order valence-corrected chi connectivity index (χ2v) is 3.95. The number of hydrogen-bond acceptors (Lipinski definition) is 3. The van der Waals surface area contributed by atoms with Crippen molar-refractivity contribution in [3.8, 4) is 0 Å². The zero-order valence-electron chi connectivity index (χ0n) is 8.93. The summed E-state index contributed by atoms with van der Waals surface area (Å²) in [5, 5.41) is 6.42. The van der Waals surface area contributed by atoms with Crippen LogP contribution in [0.3, 0.4) is 0 Å². The lowest BCUT2D eigenvalue weighted by atomic mass is 10.2. The summed E-state index contributed by atoms with van der Waals surface area (Å²) in [6.07, 6.45) is 3.37. The Bertz CT molecular complexity index is 326. The predicted octanol–water partition coefficient (Wildman–Crippen LogP) is 0.659. The molecular formula is C10H15N3O2. The van der Waals surface area contributed by atoms with Gasteiger partial charge in [0, 0.05) is 19.3 Å². The number of hydrogen-bond donors (Lipinski definition) is 1. The van der Waals surface area contributed by atoms with E-state index < -0.39 is 0 Å². The van der Waals surface area contributed by atoms with Crippen LogP contribution in [0.15, 0.2) is 12.4 Å². The quantitative estimate of drug-likeness (QED) is 0.739. The van der Waals surface area contributed by atoms with Crippen molar-refractivity contribution in [2.45, 2.75) is 26.1 Å². The van der Waals surface area contributed by atoms with Gasteiger partial charge >= 0.3 is 0 Å². The molecule has 1 aliphatic heterocycles. The lowest BCUT2D eigenvalue weighted by molar-refractivity contribution is -0.0586. The Hall–Kier alpha value is -1.36. The number of rotatable bonds is 1. The molecule has 0 aromatic carbocycles. The number of aromatic amines is 1. The number of nitrogens with zero attached hydrogens (tertiary/aromatic N) is 2. The molecule has 0 radical (unpaired) electrons. The smallest absolute Gasteiger partial charge is 0.257 e. The molecule has 0 bridgehead atoms. The molecule has 2 atom stereocenters. The topological polar surface area (TPSA) is 58.2 Å². The Kier molecular flexibility index (Phi) is 2.73. The van der Waals surface area contributed by atoms with Gasteiger partial charge in [0.15, 0.2) is 0 Å². The summed E-state index contributed by atoms with van der Waals surface area (Å²) in [4.78, 5) is 13.8. The number of nitrogens with one attached hydrogen (secondary N) is 1. The average molecular weight is 209 g/mol. The highest BCUT2D eigenvalue weighted by molar-refractivity contribution is 5.93. The van der Waals surface area contributed by atoms with Crippen LogP contribution in [0.2, 0.25) is 0 Å². The second kappa shape index (κ2) is 4.02. The van der Waals surface area contributed by atoms with E-state index >= 15 is 0 Å². The summed E-state index contributed by atoms with van der Waals surface area (Å²) in [6, 6.07) is 0. The molecule has 2 rings (SSSR count). The molecule has 0 saturated carbocycles. The van der Waals surface area contributed by atoms with Gasteiger partial charge in [-0.1, -0.05) is 0 Å². The highest BCUT2D eigenvalue weighted by Crippen LogP contribution is 2.13. The van der Waals surface area contributed by atoms with E-state index in [1.54, 1.807) is 12.4 Å². The van der Waals surface area contributed by atoms with E-state index in [-0.39, 0.29) is 18.1 Å². The zero-order valence-corrected chi connectivity index (χ0v) is 8.93. The summed E-state index contributed by atoms with van der Waals surface area (Å²) in [7, 11) is 0. The first-order valence-electron chi connectivity index (χ1n) is 5.10. The SMILES string of the molecule is CC1CN(C(=O)c2cn[nH]c2)CC(C)O1. The molecule has 1 N–H and O–H groups in total. The summed E-state index contributed by atoms with van der Waals surface area (Å²) in [5.74, 6) is 0.0192. The fourth-order valence-electron chi connectivity index (χ4n) is 1.89. The molecule has 1 fully saturated rings. The molecule has 5 heteroatoms. The Morgan fingerprint density at radius 1 is 1.53 bits per heavy atom. The first kappa shape index (κ1) is 10.2. The minimum absolute atomic E-state index is 0.0192. The van der Waals surface area contributed by atoms with Crippen molar-refractivity contribution in [3.63, 3.8) is 0 Å². The van der Waals surface area contributed by atoms with Gasteiger partial charge in [0.1, 0.15) is 0 Å². The second-order valence-electron chi connectivity index (χ2n) is 3.95. The molecule has 82 valence electrons. The van der Waals surface area contributed by atoms with E-state index in [9.17, 15) is 4.79 Å². The van der Waals surface area contributed by atoms with E-state index in [1.165, 1.54) is 0 Å². The third kappa shape index (κ3) is 2.18. The Morgan fingerprint density at radius 2 is 2.20 bits per heavy atom. The maximum Gasteiger partial charge on any atom is 0.257 e. The van der Waals surface area contributed by atoms with Crippen molar-refractivity contribution in [1.29, 1.82) is 0 Å². The van der Waals surface area contributed by atoms with Crippen LogP contribution in [-0.4, -0.2) is 46.3 Å². The van der Waals surface area contributed by atoms with Crippen LogP contribution in [0.1, 0.15) is 24.2 Å². The van der Waals surface area contributed by atoms with Crippen LogP contribution in [0, 0.1) is 0 Å². The molecule has 5 nitrogen and oxygen atoms in total. The monoisotopic (exact) mass is 209 g/mol. The minimum atomic E-state index is 0.0192. The standard InChI is InChI=1S/C10H15N3O2/c1-7-5-13(6-8(2)15-7)10(14)9-3-11-12-4-9/h3-4,7-8H,5-6H2,1-2H3,(H,11,12). The van der Waals surface area contributed by atoms with E-state index in [0.29, 0.717) is 18.7 Å². The molecular weight excluding hydrogens is 194 g/mol. The molecule has 2 heterocycles. The first-order valence-corrected chi connectivity index (χ1v) is 5.10. The van der Waals surface area contributed by atoms with Gasteiger partial charge in [-0.15, -0.1) is 0 Å². The molecule has 1 saturated heterocycles. The van der Waals surface area contributed by atoms with Crippen molar-refractivity contribution in [2.75, 3.05) is 13.1 Å². The molecule has 1 amide bonds. The Morgan fingerprint density at radius 3 is 2.73 bits per heavy atom. The highest BCUT2D eigenvalue weighted by Gasteiger charge is 2.26. The van der Waals surface area contributed by atoms with E-state index in [1.807, 2.05) is 18.7 Å². The van der Waals surface area contributed by atoms with Gasteiger partial charge in [0.25, 0.3) is 5.91 Å². The molecule has 1 aromatic heterocycles. The number of ether oxygens (including phenoxy) is 1. The minimum Gasteiger partial charge on any atom is -0.372 e. The van der Waals surface area contributed by atoms with Crippen molar-refractivity contribution >= 4 is 5.91 Å². The van der Waals surface area contributed by atoms with E-state index in [2.05, 4.69) is 10.2 Å². The van der Waals surface area contributed by atoms with Gasteiger partial charge in [-0.2, -0.15) is 5.10 Å². The summed E-state index contributed by atoms with van der Waals surface area (Å²) >= 11 is 0. The Labute approximate surface area is 88.4 Å². The molecule has 1 aliphatic rings. The lowest BCUT2D eigenvalue weighted by Gasteiger charge is -2.35. The number of H-pyrrole nitrogens is 1. The predicted molar refractivity (Wildman–Crippen MR) is 54.5 cm³/mol. The third-order valence-corrected chi connectivity index (χ3v) is 2.45. The normalized spacial score (nSPS) is 26.7. The highest BCUT2D eigenvalue weighted by atomic mass is 16.5. The van der Waals surface area contributed by atoms with E-state index in [0.717, 1.165) is 0 Å². The summed E-state index contributed by atoms with van der Waals surface area (Å²) < 4.78 is 5.57. The largest absolute Gasteiger partial charge is 0.372 e. The maximum atomic E-state index is 12.0. The van der Waals surface area contributed by atoms with Gasteiger partial charge in [0.05, 0.1) is 24.0 Å². The van der Waals surface area contributed by atoms with Crippen LogP contribution in [0.4, 0.5) is 0 Å². The van der Waals surface area contributed by atoms with Crippen LogP contribution >= 0.6 is 0 Å². The maximum absolute atomic E-state index is 12.0. The van der Waals surface area contributed by atoms with Gasteiger partial charge in [0.2, 0.25) is 0 Å². The van der Waals surface area contributed by atoms with Crippen LogP contribution in [-0.2, 0) is 4.74 Å². The molecule has 15 heavy (non-hydrogen) atoms. The molecule has 2 unspecified atom stereocenters. The van der Waals surface area contributed by atoms with Gasteiger partial charge < -0.3 is 9.64 Å². The number of morpholine rings is 1. The molecule has 1 aromatic rings. The fourth-order valence-corrected chi connectivity index (χ4v) is 1.89. The van der Waals surface area contributed by atoms with Crippen molar-refractivity contribution in [1.82, 2.24) is 15.1 Å². The zero-order chi connectivity index (χ0) is 10.8. The van der Waals surface area contributed by atoms with Gasteiger partial charge in [-0.25, -0.2) is 0 Å². The number of amides is 1. The number of carbonyl (C=O) groups excluding carboxylic acids is 1. The van der Waals surface area contributed by atoms with Gasteiger partial charge in [-0.05, 0) is 13.8 Å². The van der Waals surface area contributed by atoms with Crippen molar-refractivity contribution in [2.24, 2.45) is 0 Å². The first-order chi connectivity index (χ1) is 7.16. The lowest BCUT2D eigenvalue weighted by Crippen LogP contribution is -2.48. The molecule has 0 spiro atoms. The molecule has 0 aliphatic carbocycles. The average Bonchev–Trinajstić information content (AvgIpc) is 2.67. The third-order valence-electron chi connectivity index (χ3n) is 2.45. The van der Waals surface area contributed by atoms with Crippen LogP contribution < -0.4 is 0 Å². The van der Waals surface area contributed by atoms with Crippen LogP contribution in [0.25, 0.3) is 0 Å². The van der Waals surface area contributed by atoms with Crippen molar-refractivity contribution in [3.05, 3.63) is 18.0 Å². The summed E-state index contributed by atoms with van der Waals surface area (Å²) in [5.41, 5.74) is 0.608. The van der Waals surface area contributed by atoms with Crippen molar-refractivity contribution < 1.29 is 9.53 Å². The van der Waals surface area contributed by atoms with Gasteiger partial charge in [-0.3, -0.25) is 9.89 Å².